The molecule has 0 fully saturated rings. The maximum absolute atomic E-state index is 11.0. The molecule has 1 N–H and O–H groups in total. The fourth-order valence-corrected chi connectivity index (χ4v) is 2.61. The lowest BCUT2D eigenvalue weighted by Crippen LogP contribution is -2.41. The van der Waals surface area contributed by atoms with Crippen molar-refractivity contribution in [3.05, 3.63) is 29.3 Å². The number of aliphatic carboxylic acids is 1. The van der Waals surface area contributed by atoms with Gasteiger partial charge in [-0.1, -0.05) is 17.7 Å². The van der Waals surface area contributed by atoms with E-state index in [-0.39, 0.29) is 12.6 Å². The molecule has 116 valence electrons. The van der Waals surface area contributed by atoms with Crippen LogP contribution in [0.4, 0.5) is 0 Å². The van der Waals surface area contributed by atoms with Crippen molar-refractivity contribution in [2.75, 3.05) is 40.3 Å². The minimum atomic E-state index is -0.792. The van der Waals surface area contributed by atoms with Gasteiger partial charge in [-0.3, -0.25) is 9.69 Å². The van der Waals surface area contributed by atoms with Gasteiger partial charge >= 0.3 is 5.97 Å². The van der Waals surface area contributed by atoms with Crippen molar-refractivity contribution in [3.63, 3.8) is 0 Å². The molecular formula is C16H24N2O3. The Kier molecular flexibility index (Phi) is 5.20. The lowest BCUT2D eigenvalue weighted by atomic mass is 10.1. The van der Waals surface area contributed by atoms with Crippen molar-refractivity contribution in [1.82, 2.24) is 9.80 Å². The van der Waals surface area contributed by atoms with E-state index in [2.05, 4.69) is 17.9 Å². The summed E-state index contributed by atoms with van der Waals surface area (Å²) in [6.45, 7) is 4.35. The van der Waals surface area contributed by atoms with Gasteiger partial charge in [0.1, 0.15) is 11.9 Å². The van der Waals surface area contributed by atoms with E-state index in [4.69, 9.17) is 9.84 Å². The third kappa shape index (κ3) is 4.72. The van der Waals surface area contributed by atoms with Gasteiger partial charge < -0.3 is 14.7 Å². The summed E-state index contributed by atoms with van der Waals surface area (Å²) in [6.07, 6.45) is 0.901. The quantitative estimate of drug-likeness (QED) is 0.819. The molecule has 0 aromatic heterocycles. The molecule has 1 atom stereocenters. The smallest absolute Gasteiger partial charge is 0.317 e. The van der Waals surface area contributed by atoms with E-state index in [0.717, 1.165) is 25.3 Å². The van der Waals surface area contributed by atoms with Gasteiger partial charge in [0.15, 0.2) is 0 Å². The number of carboxylic acid groups (broad SMARTS) is 1. The molecule has 0 saturated carbocycles. The van der Waals surface area contributed by atoms with Crippen molar-refractivity contribution in [1.29, 1.82) is 0 Å². The normalized spacial score (nSPS) is 17.1. The van der Waals surface area contributed by atoms with Crippen LogP contribution < -0.4 is 4.74 Å². The average molecular weight is 292 g/mol. The third-order valence-electron chi connectivity index (χ3n) is 3.64. The standard InChI is InChI=1S/C16H24N2O3/c1-12-4-5-15-13(8-12)9-14(21-15)10-18(11-16(19)20)7-6-17(2)3/h4-5,8,14H,6-7,9-11H2,1-3H3,(H,19,20). The predicted molar refractivity (Wildman–Crippen MR) is 81.9 cm³/mol. The first kappa shape index (κ1) is 15.8. The summed E-state index contributed by atoms with van der Waals surface area (Å²) in [5.41, 5.74) is 2.45. The number of carbonyl (C=O) groups is 1. The summed E-state index contributed by atoms with van der Waals surface area (Å²) >= 11 is 0. The second-order valence-electron chi connectivity index (χ2n) is 5.99. The van der Waals surface area contributed by atoms with E-state index in [1.807, 2.05) is 31.1 Å². The van der Waals surface area contributed by atoms with Crippen molar-refractivity contribution in [2.24, 2.45) is 0 Å². The van der Waals surface area contributed by atoms with E-state index < -0.39 is 5.97 Å². The Morgan fingerprint density at radius 3 is 2.81 bits per heavy atom. The fraction of sp³-hybridized carbons (Fsp3) is 0.562. The molecule has 1 unspecified atom stereocenters. The molecule has 5 heteroatoms. The van der Waals surface area contributed by atoms with Crippen LogP contribution in [0.5, 0.6) is 5.75 Å². The number of carboxylic acids is 1. The average Bonchev–Trinajstić information content (AvgIpc) is 2.76. The molecule has 1 aromatic rings. The minimum Gasteiger partial charge on any atom is -0.488 e. The first-order valence-corrected chi connectivity index (χ1v) is 7.29. The van der Waals surface area contributed by atoms with Crippen LogP contribution in [-0.2, 0) is 11.2 Å². The molecular weight excluding hydrogens is 268 g/mol. The molecule has 5 nitrogen and oxygen atoms in total. The topological polar surface area (TPSA) is 53.0 Å². The van der Waals surface area contributed by atoms with Gasteiger partial charge in [0.05, 0.1) is 6.54 Å². The maximum Gasteiger partial charge on any atom is 0.317 e. The van der Waals surface area contributed by atoms with Gasteiger partial charge in [-0.25, -0.2) is 0 Å². The van der Waals surface area contributed by atoms with E-state index in [1.165, 1.54) is 11.1 Å². The summed E-state index contributed by atoms with van der Waals surface area (Å²) in [4.78, 5) is 15.0. The molecule has 0 radical (unpaired) electrons. The Morgan fingerprint density at radius 1 is 1.38 bits per heavy atom. The Balaban J connectivity index is 1.93. The van der Waals surface area contributed by atoms with E-state index in [0.29, 0.717) is 6.54 Å². The number of benzene rings is 1. The van der Waals surface area contributed by atoms with Gasteiger partial charge in [0.2, 0.25) is 0 Å². The van der Waals surface area contributed by atoms with Crippen LogP contribution in [0.1, 0.15) is 11.1 Å². The van der Waals surface area contributed by atoms with Crippen molar-refractivity contribution >= 4 is 5.97 Å². The van der Waals surface area contributed by atoms with Crippen LogP contribution in [0.3, 0.4) is 0 Å². The summed E-state index contributed by atoms with van der Waals surface area (Å²) < 4.78 is 5.93. The van der Waals surface area contributed by atoms with Crippen LogP contribution in [0.15, 0.2) is 18.2 Å². The highest BCUT2D eigenvalue weighted by Crippen LogP contribution is 2.29. The summed E-state index contributed by atoms with van der Waals surface area (Å²) in [7, 11) is 3.98. The molecule has 0 bridgehead atoms. The van der Waals surface area contributed by atoms with Crippen LogP contribution in [0.25, 0.3) is 0 Å². The van der Waals surface area contributed by atoms with Crippen LogP contribution >= 0.6 is 0 Å². The van der Waals surface area contributed by atoms with Gasteiger partial charge in [-0.2, -0.15) is 0 Å². The van der Waals surface area contributed by atoms with Gasteiger partial charge in [0.25, 0.3) is 0 Å². The summed E-state index contributed by atoms with van der Waals surface area (Å²) in [6, 6.07) is 6.20. The highest BCUT2D eigenvalue weighted by atomic mass is 16.5. The first-order chi connectivity index (χ1) is 9.94. The van der Waals surface area contributed by atoms with E-state index in [9.17, 15) is 4.79 Å². The van der Waals surface area contributed by atoms with Crippen molar-refractivity contribution in [3.8, 4) is 5.75 Å². The minimum absolute atomic E-state index is 0.0447. The summed E-state index contributed by atoms with van der Waals surface area (Å²) in [5, 5.41) is 9.04. The van der Waals surface area contributed by atoms with Gasteiger partial charge in [-0.15, -0.1) is 0 Å². The Labute approximate surface area is 126 Å². The Morgan fingerprint density at radius 2 is 2.14 bits per heavy atom. The number of rotatable bonds is 7. The molecule has 2 rings (SSSR count). The Hall–Kier alpha value is -1.59. The number of hydrogen-bond donors (Lipinski definition) is 1. The zero-order chi connectivity index (χ0) is 15.4. The monoisotopic (exact) mass is 292 g/mol. The molecule has 0 spiro atoms. The van der Waals surface area contributed by atoms with E-state index in [1.54, 1.807) is 0 Å². The molecule has 0 saturated heterocycles. The van der Waals surface area contributed by atoms with E-state index >= 15 is 0 Å². The largest absolute Gasteiger partial charge is 0.488 e. The van der Waals surface area contributed by atoms with Crippen molar-refractivity contribution in [2.45, 2.75) is 19.4 Å². The lowest BCUT2D eigenvalue weighted by molar-refractivity contribution is -0.138. The molecule has 1 aliphatic heterocycles. The van der Waals surface area contributed by atoms with Gasteiger partial charge in [-0.05, 0) is 32.6 Å². The zero-order valence-corrected chi connectivity index (χ0v) is 13.0. The number of hydrogen-bond acceptors (Lipinski definition) is 4. The second kappa shape index (κ2) is 6.91. The number of aryl methyl sites for hydroxylation is 1. The molecule has 0 amide bonds. The third-order valence-corrected chi connectivity index (χ3v) is 3.64. The highest BCUT2D eigenvalue weighted by Gasteiger charge is 2.25. The predicted octanol–water partition coefficient (Wildman–Crippen LogP) is 1.25. The molecule has 1 aliphatic rings. The molecule has 0 aliphatic carbocycles. The molecule has 1 heterocycles. The van der Waals surface area contributed by atoms with Crippen LogP contribution in [0, 0.1) is 6.92 Å². The lowest BCUT2D eigenvalue weighted by Gasteiger charge is -2.25. The Bertz CT molecular complexity index is 502. The molecule has 21 heavy (non-hydrogen) atoms. The first-order valence-electron chi connectivity index (χ1n) is 7.29. The van der Waals surface area contributed by atoms with Crippen molar-refractivity contribution < 1.29 is 14.6 Å². The van der Waals surface area contributed by atoms with Crippen LogP contribution in [-0.4, -0.2) is 67.3 Å². The maximum atomic E-state index is 11.0. The van der Waals surface area contributed by atoms with Crippen LogP contribution in [0.2, 0.25) is 0 Å². The second-order valence-corrected chi connectivity index (χ2v) is 5.99. The molecule has 1 aromatic carbocycles. The summed E-state index contributed by atoms with van der Waals surface area (Å²) in [5.74, 6) is 0.147. The SMILES string of the molecule is Cc1ccc2c(c1)CC(CN(CCN(C)C)CC(=O)O)O2. The number of nitrogens with zero attached hydrogens (tertiary/aromatic N) is 2. The zero-order valence-electron chi connectivity index (χ0n) is 13.0. The number of fused-ring (bicyclic) bond motifs is 1. The highest BCUT2D eigenvalue weighted by molar-refractivity contribution is 5.69. The fourth-order valence-electron chi connectivity index (χ4n) is 2.61. The number of ether oxygens (including phenoxy) is 1. The van der Waals surface area contributed by atoms with Gasteiger partial charge in [0, 0.05) is 26.1 Å². The number of likely N-dealkylation sites (N-methyl/N-ethyl adjacent to an activating group) is 1.